The normalized spacial score (nSPS) is 15.5. The molecule has 0 aromatic carbocycles. The smallest absolute Gasteiger partial charge is 0.287 e. The second kappa shape index (κ2) is 7.06. The van der Waals surface area contributed by atoms with Crippen LogP contribution in [0.4, 0.5) is 0 Å². The molecule has 2 N–H and O–H groups in total. The summed E-state index contributed by atoms with van der Waals surface area (Å²) in [5, 5.41) is 7.24. The second-order valence-corrected chi connectivity index (χ2v) is 7.80. The van der Waals surface area contributed by atoms with Crippen LogP contribution in [0.25, 0.3) is 0 Å². The van der Waals surface area contributed by atoms with Crippen molar-refractivity contribution in [1.82, 2.24) is 10.7 Å². The van der Waals surface area contributed by atoms with Gasteiger partial charge in [-0.25, -0.2) is 5.43 Å². The molecule has 7 nitrogen and oxygen atoms in total. The van der Waals surface area contributed by atoms with Crippen LogP contribution in [0.1, 0.15) is 77.2 Å². The van der Waals surface area contributed by atoms with Crippen LogP contribution in [-0.4, -0.2) is 23.1 Å². The molecule has 0 saturated carbocycles. The molecule has 0 atom stereocenters. The van der Waals surface area contributed by atoms with Crippen molar-refractivity contribution in [3.63, 3.8) is 0 Å². The molecule has 0 bridgehead atoms. The molecule has 0 spiro atoms. The van der Waals surface area contributed by atoms with E-state index in [1.807, 2.05) is 27.7 Å². The van der Waals surface area contributed by atoms with Gasteiger partial charge in [-0.1, -0.05) is 0 Å². The minimum atomic E-state index is -0.357. The van der Waals surface area contributed by atoms with Crippen LogP contribution < -0.4 is 10.7 Å². The SMILES string of the molecule is Cc1occc1C(=O)N/N=C1\CCCc2oc(C(=O)NC(C)(C)C)c(C)c21. The molecule has 2 heterocycles. The molecule has 2 amide bonds. The average Bonchev–Trinajstić information content (AvgIpc) is 3.15. The summed E-state index contributed by atoms with van der Waals surface area (Å²) >= 11 is 0. The van der Waals surface area contributed by atoms with Crippen molar-refractivity contribution in [2.75, 3.05) is 0 Å². The summed E-state index contributed by atoms with van der Waals surface area (Å²) in [4.78, 5) is 24.8. The Bertz CT molecular complexity index is 912. The molecule has 27 heavy (non-hydrogen) atoms. The molecule has 0 saturated heterocycles. The Balaban J connectivity index is 1.87. The first kappa shape index (κ1) is 18.9. The zero-order chi connectivity index (χ0) is 19.8. The van der Waals surface area contributed by atoms with Crippen LogP contribution in [-0.2, 0) is 6.42 Å². The summed E-state index contributed by atoms with van der Waals surface area (Å²) in [6.45, 7) is 9.33. The molecular formula is C20H25N3O4. The fraction of sp³-hybridized carbons (Fsp3) is 0.450. The number of fused-ring (bicyclic) bond motifs is 1. The van der Waals surface area contributed by atoms with Crippen molar-refractivity contribution < 1.29 is 18.4 Å². The van der Waals surface area contributed by atoms with Gasteiger partial charge in [0.2, 0.25) is 0 Å². The zero-order valence-corrected chi connectivity index (χ0v) is 16.4. The van der Waals surface area contributed by atoms with Gasteiger partial charge in [0, 0.05) is 23.1 Å². The predicted octanol–water partition coefficient (Wildman–Crippen LogP) is 3.49. The number of hydrogen-bond acceptors (Lipinski definition) is 5. The monoisotopic (exact) mass is 371 g/mol. The Morgan fingerprint density at radius 2 is 1.89 bits per heavy atom. The highest BCUT2D eigenvalue weighted by molar-refractivity contribution is 6.07. The Morgan fingerprint density at radius 1 is 1.15 bits per heavy atom. The van der Waals surface area contributed by atoms with Gasteiger partial charge in [-0.2, -0.15) is 5.10 Å². The first-order valence-corrected chi connectivity index (χ1v) is 9.03. The van der Waals surface area contributed by atoms with E-state index in [-0.39, 0.29) is 17.4 Å². The van der Waals surface area contributed by atoms with Gasteiger partial charge in [0.1, 0.15) is 11.5 Å². The fourth-order valence-electron chi connectivity index (χ4n) is 3.19. The van der Waals surface area contributed by atoms with Gasteiger partial charge in [-0.15, -0.1) is 0 Å². The van der Waals surface area contributed by atoms with Crippen LogP contribution in [0.15, 0.2) is 26.3 Å². The number of aryl methyl sites for hydroxylation is 2. The number of amides is 2. The van der Waals surface area contributed by atoms with Crippen molar-refractivity contribution in [3.8, 4) is 0 Å². The Labute approximate surface area is 158 Å². The number of nitrogens with zero attached hydrogens (tertiary/aromatic N) is 1. The molecule has 0 fully saturated rings. The Kier molecular flexibility index (Phi) is 4.95. The number of rotatable bonds is 3. The number of carbonyl (C=O) groups is 2. The summed E-state index contributed by atoms with van der Waals surface area (Å²) < 4.78 is 11.0. The third-order valence-corrected chi connectivity index (χ3v) is 4.42. The summed E-state index contributed by atoms with van der Waals surface area (Å²) in [7, 11) is 0. The maximum atomic E-state index is 12.5. The first-order valence-electron chi connectivity index (χ1n) is 9.03. The molecule has 1 aliphatic carbocycles. The Hall–Kier alpha value is -2.83. The average molecular weight is 371 g/mol. The van der Waals surface area contributed by atoms with E-state index < -0.39 is 0 Å². The van der Waals surface area contributed by atoms with Crippen molar-refractivity contribution >= 4 is 17.5 Å². The third-order valence-electron chi connectivity index (χ3n) is 4.42. The van der Waals surface area contributed by atoms with E-state index in [4.69, 9.17) is 8.83 Å². The lowest BCUT2D eigenvalue weighted by molar-refractivity contribution is 0.0887. The van der Waals surface area contributed by atoms with Crippen LogP contribution in [0, 0.1) is 13.8 Å². The number of hydrogen-bond donors (Lipinski definition) is 2. The molecular weight excluding hydrogens is 346 g/mol. The summed E-state index contributed by atoms with van der Waals surface area (Å²) in [6.07, 6.45) is 3.77. The van der Waals surface area contributed by atoms with Crippen molar-refractivity contribution in [1.29, 1.82) is 0 Å². The molecule has 3 rings (SSSR count). The van der Waals surface area contributed by atoms with Crippen molar-refractivity contribution in [2.45, 2.75) is 59.4 Å². The quantitative estimate of drug-likeness (QED) is 0.807. The number of nitrogens with one attached hydrogen (secondary N) is 2. The highest BCUT2D eigenvalue weighted by Crippen LogP contribution is 2.30. The van der Waals surface area contributed by atoms with Gasteiger partial charge in [0.15, 0.2) is 5.76 Å². The van der Waals surface area contributed by atoms with Gasteiger partial charge >= 0.3 is 0 Å². The van der Waals surface area contributed by atoms with Gasteiger partial charge in [0.05, 0.1) is 17.5 Å². The topological polar surface area (TPSA) is 96.8 Å². The third kappa shape index (κ3) is 3.97. The second-order valence-electron chi connectivity index (χ2n) is 7.80. The van der Waals surface area contributed by atoms with E-state index in [1.54, 1.807) is 13.0 Å². The highest BCUT2D eigenvalue weighted by Gasteiger charge is 2.29. The zero-order valence-electron chi connectivity index (χ0n) is 16.4. The summed E-state index contributed by atoms with van der Waals surface area (Å²) in [6, 6.07) is 1.61. The molecule has 144 valence electrons. The summed E-state index contributed by atoms with van der Waals surface area (Å²) in [5.41, 5.74) is 4.98. The van der Waals surface area contributed by atoms with E-state index in [1.165, 1.54) is 6.26 Å². The first-order chi connectivity index (χ1) is 12.7. The lowest BCUT2D eigenvalue weighted by Gasteiger charge is -2.19. The fourth-order valence-corrected chi connectivity index (χ4v) is 3.19. The van der Waals surface area contributed by atoms with Crippen molar-refractivity contribution in [3.05, 3.63) is 46.3 Å². The van der Waals surface area contributed by atoms with Crippen LogP contribution in [0.3, 0.4) is 0 Å². The van der Waals surface area contributed by atoms with Gasteiger partial charge in [-0.05, 0) is 53.5 Å². The van der Waals surface area contributed by atoms with E-state index in [0.717, 1.165) is 35.4 Å². The van der Waals surface area contributed by atoms with Crippen molar-refractivity contribution in [2.24, 2.45) is 5.10 Å². The lowest BCUT2D eigenvalue weighted by atomic mass is 9.93. The standard InChI is InChI=1S/C20H25N3O4/c1-11-16-14(22-23-18(24)13-9-10-26-12(13)2)7-6-8-15(16)27-17(11)19(25)21-20(3,4)5/h9-10H,6-8H2,1-5H3,(H,21,25)(H,23,24)/b22-14+. The van der Waals surface area contributed by atoms with Crippen LogP contribution >= 0.6 is 0 Å². The highest BCUT2D eigenvalue weighted by atomic mass is 16.4. The maximum Gasteiger partial charge on any atom is 0.287 e. The molecule has 2 aromatic heterocycles. The largest absolute Gasteiger partial charge is 0.469 e. The molecule has 1 aliphatic rings. The van der Waals surface area contributed by atoms with Gasteiger partial charge < -0.3 is 14.2 Å². The predicted molar refractivity (Wildman–Crippen MR) is 101 cm³/mol. The number of carbonyl (C=O) groups excluding carboxylic acids is 2. The molecule has 0 aliphatic heterocycles. The van der Waals surface area contributed by atoms with Crippen LogP contribution in [0.2, 0.25) is 0 Å². The summed E-state index contributed by atoms with van der Waals surface area (Å²) in [5.74, 6) is 1.02. The molecule has 7 heteroatoms. The van der Waals surface area contributed by atoms with Crippen LogP contribution in [0.5, 0.6) is 0 Å². The number of furan rings is 2. The van der Waals surface area contributed by atoms with E-state index in [9.17, 15) is 9.59 Å². The van der Waals surface area contributed by atoms with E-state index in [0.29, 0.717) is 23.5 Å². The molecule has 0 unspecified atom stereocenters. The Morgan fingerprint density at radius 3 is 2.52 bits per heavy atom. The maximum absolute atomic E-state index is 12.5. The molecule has 2 aromatic rings. The van der Waals surface area contributed by atoms with E-state index in [2.05, 4.69) is 15.8 Å². The minimum Gasteiger partial charge on any atom is -0.469 e. The van der Waals surface area contributed by atoms with E-state index >= 15 is 0 Å². The lowest BCUT2D eigenvalue weighted by Crippen LogP contribution is -2.40. The van der Waals surface area contributed by atoms with Gasteiger partial charge in [0.25, 0.3) is 11.8 Å². The molecule has 0 radical (unpaired) electrons. The minimum absolute atomic E-state index is 0.244. The van der Waals surface area contributed by atoms with Gasteiger partial charge in [-0.3, -0.25) is 9.59 Å². The number of hydrazone groups is 1.